The molecule has 0 aliphatic heterocycles. The van der Waals surface area contributed by atoms with Gasteiger partial charge in [0.2, 0.25) is 29.5 Å². The van der Waals surface area contributed by atoms with Crippen LogP contribution in [-0.2, 0) is 33.6 Å². The first-order valence-electron chi connectivity index (χ1n) is 10.7. The van der Waals surface area contributed by atoms with E-state index in [0.717, 1.165) is 0 Å². The van der Waals surface area contributed by atoms with Crippen LogP contribution >= 0.6 is 0 Å². The molecule has 5 amide bonds. The van der Waals surface area contributed by atoms with Gasteiger partial charge in [-0.3, -0.25) is 28.8 Å². The van der Waals surface area contributed by atoms with Gasteiger partial charge in [-0.1, -0.05) is 6.42 Å². The molecule has 0 radical (unpaired) electrons. The zero-order valence-electron chi connectivity index (χ0n) is 19.0. The molecule has 4 unspecified atom stereocenters. The minimum atomic E-state index is -1.75. The molecule has 0 aromatic rings. The van der Waals surface area contributed by atoms with E-state index in [1.165, 1.54) is 0 Å². The molecular weight excluding hydrogens is 470 g/mol. The fraction of sp³-hybridized carbons (Fsp3) is 0.632. The highest BCUT2D eigenvalue weighted by Gasteiger charge is 2.32. The van der Waals surface area contributed by atoms with Crippen molar-refractivity contribution in [2.24, 2.45) is 22.9 Å². The van der Waals surface area contributed by atoms with E-state index in [0.29, 0.717) is 19.4 Å². The Morgan fingerprint density at radius 1 is 0.686 bits per heavy atom. The number of rotatable bonds is 18. The van der Waals surface area contributed by atoms with Crippen molar-refractivity contribution in [2.75, 3.05) is 6.54 Å². The van der Waals surface area contributed by atoms with Gasteiger partial charge in [-0.25, -0.2) is 4.79 Å². The lowest BCUT2D eigenvalue weighted by molar-refractivity contribution is -0.144. The second-order valence-corrected chi connectivity index (χ2v) is 7.69. The maximum Gasteiger partial charge on any atom is 0.326 e. The molecule has 0 rings (SSSR count). The number of carboxylic acid groups (broad SMARTS) is 2. The van der Waals surface area contributed by atoms with Crippen LogP contribution in [0.5, 0.6) is 0 Å². The fourth-order valence-corrected chi connectivity index (χ4v) is 2.81. The lowest BCUT2D eigenvalue weighted by Crippen LogP contribution is -2.58. The normalized spacial score (nSPS) is 14.0. The summed E-state index contributed by atoms with van der Waals surface area (Å²) in [6.45, 7) is 0.392. The van der Waals surface area contributed by atoms with Gasteiger partial charge in [0.25, 0.3) is 0 Å². The molecule has 0 aliphatic rings. The number of nitrogens with one attached hydrogen (secondary N) is 3. The molecule has 13 N–H and O–H groups in total. The van der Waals surface area contributed by atoms with Gasteiger partial charge in [-0.15, -0.1) is 0 Å². The zero-order valence-corrected chi connectivity index (χ0v) is 19.0. The van der Waals surface area contributed by atoms with E-state index in [1.807, 2.05) is 5.32 Å². The highest BCUT2D eigenvalue weighted by Crippen LogP contribution is 2.05. The largest absolute Gasteiger partial charge is 0.481 e. The van der Waals surface area contributed by atoms with Crippen LogP contribution in [0.1, 0.15) is 44.9 Å². The van der Waals surface area contributed by atoms with E-state index < -0.39 is 84.9 Å². The maximum atomic E-state index is 12.8. The Morgan fingerprint density at radius 2 is 1.17 bits per heavy atom. The van der Waals surface area contributed by atoms with E-state index in [2.05, 4.69) is 10.6 Å². The number of amides is 5. The Balaban J connectivity index is 5.53. The third-order valence-electron chi connectivity index (χ3n) is 4.64. The summed E-state index contributed by atoms with van der Waals surface area (Å²) in [5.74, 6) is -7.92. The quantitative estimate of drug-likeness (QED) is 0.0804. The molecule has 0 saturated carbocycles. The van der Waals surface area contributed by atoms with Gasteiger partial charge in [0.05, 0.1) is 18.9 Å². The van der Waals surface area contributed by atoms with Crippen molar-refractivity contribution >= 4 is 41.5 Å². The van der Waals surface area contributed by atoms with Crippen LogP contribution in [0.25, 0.3) is 0 Å². The molecule has 16 nitrogen and oxygen atoms in total. The second-order valence-electron chi connectivity index (χ2n) is 7.69. The van der Waals surface area contributed by atoms with Crippen molar-refractivity contribution < 1.29 is 43.8 Å². The lowest BCUT2D eigenvalue weighted by Gasteiger charge is -2.24. The first-order chi connectivity index (χ1) is 16.3. The van der Waals surface area contributed by atoms with E-state index >= 15 is 0 Å². The SMILES string of the molecule is NCCCCC(N)C(=O)NC(CCC(=O)O)C(=O)NC(CC(N)=O)C(=O)NC(CC(N)=O)C(=O)O. The van der Waals surface area contributed by atoms with Gasteiger partial charge < -0.3 is 49.1 Å². The van der Waals surface area contributed by atoms with Gasteiger partial charge >= 0.3 is 11.9 Å². The van der Waals surface area contributed by atoms with Crippen molar-refractivity contribution in [2.45, 2.75) is 69.1 Å². The van der Waals surface area contributed by atoms with Crippen LogP contribution in [0, 0.1) is 0 Å². The van der Waals surface area contributed by atoms with Gasteiger partial charge in [-0.2, -0.15) is 0 Å². The van der Waals surface area contributed by atoms with Crippen molar-refractivity contribution in [1.82, 2.24) is 16.0 Å². The number of aliphatic carboxylic acids is 2. The second kappa shape index (κ2) is 15.9. The first kappa shape index (κ1) is 31.2. The molecule has 0 aromatic heterocycles. The molecule has 198 valence electrons. The molecule has 16 heteroatoms. The minimum Gasteiger partial charge on any atom is -0.481 e. The number of primary amides is 2. The van der Waals surface area contributed by atoms with Crippen LogP contribution in [-0.4, -0.2) is 82.4 Å². The molecule has 0 aliphatic carbocycles. The summed E-state index contributed by atoms with van der Waals surface area (Å²) < 4.78 is 0. The highest BCUT2D eigenvalue weighted by atomic mass is 16.4. The third-order valence-corrected chi connectivity index (χ3v) is 4.64. The van der Waals surface area contributed by atoms with E-state index in [9.17, 15) is 33.6 Å². The summed E-state index contributed by atoms with van der Waals surface area (Å²) in [5.41, 5.74) is 21.2. The number of hydrogen-bond acceptors (Lipinski definition) is 9. The number of carbonyl (C=O) groups excluding carboxylic acids is 5. The summed E-state index contributed by atoms with van der Waals surface area (Å²) in [4.78, 5) is 82.3. The summed E-state index contributed by atoms with van der Waals surface area (Å²) in [7, 11) is 0. The number of carboxylic acids is 2. The maximum absolute atomic E-state index is 12.8. The summed E-state index contributed by atoms with van der Waals surface area (Å²) in [6.07, 6.45) is -1.05. The molecule has 0 spiro atoms. The van der Waals surface area contributed by atoms with Gasteiger partial charge in [0.1, 0.15) is 18.1 Å². The lowest BCUT2D eigenvalue weighted by atomic mass is 10.1. The number of hydrogen-bond donors (Lipinski definition) is 9. The summed E-state index contributed by atoms with van der Waals surface area (Å²) in [6, 6.07) is -5.92. The topological polar surface area (TPSA) is 300 Å². The van der Waals surface area contributed by atoms with Crippen LogP contribution in [0.15, 0.2) is 0 Å². The van der Waals surface area contributed by atoms with Crippen LogP contribution in [0.2, 0.25) is 0 Å². The predicted octanol–water partition coefficient (Wildman–Crippen LogP) is -4.40. The Labute approximate surface area is 200 Å². The van der Waals surface area contributed by atoms with Crippen molar-refractivity contribution in [1.29, 1.82) is 0 Å². The molecule has 0 heterocycles. The van der Waals surface area contributed by atoms with Crippen molar-refractivity contribution in [3.05, 3.63) is 0 Å². The Kier molecular flexibility index (Phi) is 14.2. The molecule has 35 heavy (non-hydrogen) atoms. The number of nitrogens with two attached hydrogens (primary N) is 4. The zero-order chi connectivity index (χ0) is 27.1. The molecule has 0 bridgehead atoms. The molecule has 0 fully saturated rings. The molecular formula is C19H33N7O9. The van der Waals surface area contributed by atoms with Crippen LogP contribution in [0.4, 0.5) is 0 Å². The first-order valence-corrected chi connectivity index (χ1v) is 10.7. The summed E-state index contributed by atoms with van der Waals surface area (Å²) in [5, 5.41) is 24.5. The number of carbonyl (C=O) groups is 7. The summed E-state index contributed by atoms with van der Waals surface area (Å²) >= 11 is 0. The van der Waals surface area contributed by atoms with Crippen LogP contribution < -0.4 is 38.9 Å². The molecule has 4 atom stereocenters. The van der Waals surface area contributed by atoms with Gasteiger partial charge in [0.15, 0.2) is 0 Å². The van der Waals surface area contributed by atoms with E-state index in [-0.39, 0.29) is 12.8 Å². The van der Waals surface area contributed by atoms with Crippen molar-refractivity contribution in [3.63, 3.8) is 0 Å². The fourth-order valence-electron chi connectivity index (χ4n) is 2.81. The molecule has 0 saturated heterocycles. The van der Waals surface area contributed by atoms with Crippen molar-refractivity contribution in [3.8, 4) is 0 Å². The van der Waals surface area contributed by atoms with E-state index in [1.54, 1.807) is 0 Å². The number of unbranched alkanes of at least 4 members (excludes halogenated alkanes) is 1. The van der Waals surface area contributed by atoms with E-state index in [4.69, 9.17) is 33.1 Å². The predicted molar refractivity (Wildman–Crippen MR) is 119 cm³/mol. The highest BCUT2D eigenvalue weighted by molar-refractivity contribution is 5.96. The van der Waals surface area contributed by atoms with Crippen LogP contribution in [0.3, 0.4) is 0 Å². The van der Waals surface area contributed by atoms with Gasteiger partial charge in [-0.05, 0) is 25.8 Å². The molecule has 0 aromatic carbocycles. The Morgan fingerprint density at radius 3 is 1.66 bits per heavy atom. The Hall–Kier alpha value is -3.79. The monoisotopic (exact) mass is 503 g/mol. The van der Waals surface area contributed by atoms with Gasteiger partial charge in [0, 0.05) is 6.42 Å². The average molecular weight is 504 g/mol. The average Bonchev–Trinajstić information content (AvgIpc) is 2.74. The standard InChI is InChI=1S/C19H33N7O9/c20-6-2-1-3-9(21)16(31)24-10(4-5-15(29)30)17(32)25-11(7-13(22)27)18(33)26-12(19(34)35)8-14(23)28/h9-12H,1-8,20-21H2,(H2,22,27)(H2,23,28)(H,24,31)(H,25,32)(H,26,33)(H,29,30)(H,34,35). The minimum absolute atomic E-state index is 0.249. The Bertz CT molecular complexity index is 806. The smallest absolute Gasteiger partial charge is 0.326 e. The third kappa shape index (κ3) is 13.5.